The summed E-state index contributed by atoms with van der Waals surface area (Å²) >= 11 is 6.42. The topological polar surface area (TPSA) is 68.3 Å². The van der Waals surface area contributed by atoms with Crippen molar-refractivity contribution in [2.75, 3.05) is 27.3 Å². The number of ether oxygens (including phenoxy) is 3. The van der Waals surface area contributed by atoms with Crippen molar-refractivity contribution in [2.24, 2.45) is 0 Å². The van der Waals surface area contributed by atoms with E-state index in [2.05, 4.69) is 12.1 Å². The maximum atomic E-state index is 12.8. The Balaban J connectivity index is 1.24. The fourth-order valence-corrected chi connectivity index (χ4v) is 5.61. The highest BCUT2D eigenvalue weighted by atomic mass is 35.5. The quantitative estimate of drug-likeness (QED) is 0.588. The van der Waals surface area contributed by atoms with Crippen LogP contribution in [0.2, 0.25) is 5.02 Å². The van der Waals surface area contributed by atoms with E-state index in [1.807, 2.05) is 21.9 Å². The molecule has 0 radical (unpaired) electrons. The van der Waals surface area contributed by atoms with Crippen LogP contribution in [0, 0.1) is 0 Å². The minimum atomic E-state index is -0.239. The van der Waals surface area contributed by atoms with Gasteiger partial charge in [-0.2, -0.15) is 0 Å². The minimum absolute atomic E-state index is 0.0250. The highest BCUT2D eigenvalue weighted by Gasteiger charge is 2.50. The number of hydrogen-bond acceptors (Lipinski definition) is 5. The molecule has 2 aliphatic heterocycles. The van der Waals surface area contributed by atoms with Gasteiger partial charge in [-0.15, -0.1) is 0 Å². The molecule has 2 saturated heterocycles. The van der Waals surface area contributed by atoms with Crippen LogP contribution in [0.4, 0.5) is 4.79 Å². The summed E-state index contributed by atoms with van der Waals surface area (Å²) in [5, 5.41) is 0.392. The monoisotopic (exact) mass is 482 g/mol. The van der Waals surface area contributed by atoms with Gasteiger partial charge in [0.1, 0.15) is 6.10 Å². The molecule has 2 aromatic carbocycles. The number of rotatable bonds is 5. The van der Waals surface area contributed by atoms with E-state index in [0.717, 1.165) is 19.3 Å². The Morgan fingerprint density at radius 1 is 1.12 bits per heavy atom. The molecule has 3 aliphatic rings. The molecule has 5 rings (SSSR count). The summed E-state index contributed by atoms with van der Waals surface area (Å²) in [5.41, 5.74) is 3.11. The maximum absolute atomic E-state index is 12.8. The number of carbonyl (C=O) groups excluding carboxylic acids is 2. The van der Waals surface area contributed by atoms with Gasteiger partial charge in [-0.05, 0) is 47.7 Å². The van der Waals surface area contributed by atoms with E-state index < -0.39 is 0 Å². The number of hydrogen-bond donors (Lipinski definition) is 0. The van der Waals surface area contributed by atoms with E-state index in [1.54, 1.807) is 25.3 Å². The molecular formula is C26H27ClN2O5. The van der Waals surface area contributed by atoms with Crippen molar-refractivity contribution in [2.45, 2.75) is 37.5 Å². The van der Waals surface area contributed by atoms with Gasteiger partial charge in [-0.1, -0.05) is 35.9 Å². The zero-order chi connectivity index (χ0) is 23.8. The number of fused-ring (bicyclic) bond motifs is 3. The first-order chi connectivity index (χ1) is 16.5. The number of halogens is 1. The van der Waals surface area contributed by atoms with Crippen molar-refractivity contribution < 1.29 is 23.8 Å². The van der Waals surface area contributed by atoms with Gasteiger partial charge < -0.3 is 19.1 Å². The summed E-state index contributed by atoms with van der Waals surface area (Å²) in [7, 11) is 3.07. The first-order valence-electron chi connectivity index (χ1n) is 11.5. The zero-order valence-corrected chi connectivity index (χ0v) is 20.0. The molecule has 1 aliphatic carbocycles. The Morgan fingerprint density at radius 3 is 2.62 bits per heavy atom. The van der Waals surface area contributed by atoms with Crippen LogP contribution in [0.5, 0.6) is 11.5 Å². The van der Waals surface area contributed by atoms with Gasteiger partial charge in [0, 0.05) is 31.6 Å². The average Bonchev–Trinajstić information content (AvgIpc) is 3.37. The lowest BCUT2D eigenvalue weighted by Gasteiger charge is -2.37. The van der Waals surface area contributed by atoms with Crippen LogP contribution in [0.3, 0.4) is 0 Å². The highest BCUT2D eigenvalue weighted by molar-refractivity contribution is 6.33. The second kappa shape index (κ2) is 9.22. The molecule has 2 aromatic rings. The molecule has 2 atom stereocenters. The van der Waals surface area contributed by atoms with Crippen molar-refractivity contribution in [3.8, 4) is 11.5 Å². The maximum Gasteiger partial charge on any atom is 0.411 e. The van der Waals surface area contributed by atoms with Gasteiger partial charge in [0.05, 0.1) is 25.3 Å². The highest BCUT2D eigenvalue weighted by Crippen LogP contribution is 2.44. The van der Waals surface area contributed by atoms with E-state index in [4.69, 9.17) is 25.8 Å². The van der Waals surface area contributed by atoms with Crippen LogP contribution in [-0.2, 0) is 16.0 Å². The summed E-state index contributed by atoms with van der Waals surface area (Å²) in [6, 6.07) is 11.8. The minimum Gasteiger partial charge on any atom is -0.493 e. The third-order valence-corrected chi connectivity index (χ3v) is 7.39. The van der Waals surface area contributed by atoms with E-state index in [-0.39, 0.29) is 30.2 Å². The Kier molecular flexibility index (Phi) is 6.13. The summed E-state index contributed by atoms with van der Waals surface area (Å²) in [6.45, 7) is 1.16. The molecular weight excluding hydrogens is 456 g/mol. The van der Waals surface area contributed by atoms with Crippen molar-refractivity contribution >= 4 is 29.7 Å². The van der Waals surface area contributed by atoms with Crippen LogP contribution in [0.1, 0.15) is 35.6 Å². The second-order valence-electron chi connectivity index (χ2n) is 8.77. The molecule has 2 heterocycles. The molecule has 0 saturated carbocycles. The summed E-state index contributed by atoms with van der Waals surface area (Å²) < 4.78 is 16.3. The predicted octanol–water partition coefficient (Wildman–Crippen LogP) is 4.48. The van der Waals surface area contributed by atoms with Gasteiger partial charge >= 0.3 is 6.09 Å². The van der Waals surface area contributed by atoms with E-state index in [9.17, 15) is 9.59 Å². The number of methoxy groups -OCH3 is 2. The molecule has 8 heteroatoms. The number of piperidine rings is 1. The smallest absolute Gasteiger partial charge is 0.411 e. The lowest BCUT2D eigenvalue weighted by atomic mass is 9.99. The van der Waals surface area contributed by atoms with Crippen LogP contribution in [0.15, 0.2) is 42.5 Å². The van der Waals surface area contributed by atoms with Crippen molar-refractivity contribution in [3.05, 3.63) is 64.2 Å². The van der Waals surface area contributed by atoms with E-state index in [1.165, 1.54) is 24.3 Å². The van der Waals surface area contributed by atoms with Crippen LogP contribution in [0.25, 0.3) is 6.08 Å². The average molecular weight is 483 g/mol. The molecule has 34 heavy (non-hydrogen) atoms. The van der Waals surface area contributed by atoms with Gasteiger partial charge in [0.2, 0.25) is 5.91 Å². The number of nitrogens with zero attached hydrogens (tertiary/aromatic N) is 2. The van der Waals surface area contributed by atoms with Crippen molar-refractivity contribution in [1.29, 1.82) is 0 Å². The van der Waals surface area contributed by atoms with Crippen LogP contribution >= 0.6 is 11.6 Å². The molecule has 0 aromatic heterocycles. The number of amides is 2. The fraction of sp³-hybridized carbons (Fsp3) is 0.385. The molecule has 0 bridgehead atoms. The molecule has 178 valence electrons. The lowest BCUT2D eigenvalue weighted by molar-refractivity contribution is -0.127. The Hall–Kier alpha value is -3.19. The zero-order valence-electron chi connectivity index (χ0n) is 19.2. The summed E-state index contributed by atoms with van der Waals surface area (Å²) in [5.74, 6) is 0.881. The third kappa shape index (κ3) is 3.88. The van der Waals surface area contributed by atoms with Gasteiger partial charge in [-0.3, -0.25) is 9.69 Å². The largest absolute Gasteiger partial charge is 0.493 e. The molecule has 2 unspecified atom stereocenters. The summed E-state index contributed by atoms with van der Waals surface area (Å²) in [6.07, 6.45) is 5.08. The van der Waals surface area contributed by atoms with Crippen molar-refractivity contribution in [1.82, 2.24) is 9.80 Å². The van der Waals surface area contributed by atoms with Crippen LogP contribution < -0.4 is 9.47 Å². The SMILES string of the molecule is COc1ccc(C=CC(=O)N2CCC(N3C(=O)OC4Cc5ccccc5C43)CC2)c(Cl)c1OC. The first kappa shape index (κ1) is 22.6. The van der Waals surface area contributed by atoms with E-state index in [0.29, 0.717) is 35.2 Å². The predicted molar refractivity (Wildman–Crippen MR) is 128 cm³/mol. The Labute approximate surface area is 203 Å². The Bertz CT molecular complexity index is 1140. The number of likely N-dealkylation sites (tertiary alicyclic amines) is 1. The molecule has 0 spiro atoms. The molecule has 0 N–H and O–H groups in total. The van der Waals surface area contributed by atoms with Gasteiger partial charge in [-0.25, -0.2) is 4.79 Å². The van der Waals surface area contributed by atoms with E-state index >= 15 is 0 Å². The lowest BCUT2D eigenvalue weighted by Crippen LogP contribution is -2.47. The Morgan fingerprint density at radius 2 is 1.88 bits per heavy atom. The third-order valence-electron chi connectivity index (χ3n) is 7.00. The first-order valence-corrected chi connectivity index (χ1v) is 11.8. The van der Waals surface area contributed by atoms with Gasteiger partial charge in [0.15, 0.2) is 11.5 Å². The number of benzene rings is 2. The molecule has 2 amide bonds. The van der Waals surface area contributed by atoms with Gasteiger partial charge in [0.25, 0.3) is 0 Å². The normalized spacial score (nSPS) is 22.0. The second-order valence-corrected chi connectivity index (χ2v) is 9.15. The van der Waals surface area contributed by atoms with Crippen LogP contribution in [-0.4, -0.2) is 61.3 Å². The molecule has 2 fully saturated rings. The van der Waals surface area contributed by atoms with Crippen molar-refractivity contribution in [3.63, 3.8) is 0 Å². The standard InChI is InChI=1S/C26H27ClN2O5/c1-32-20-9-7-16(23(27)25(20)33-2)8-10-22(30)28-13-11-18(12-14-28)29-24-19-6-4-3-5-17(19)15-21(24)34-26(29)31/h3-10,18,21,24H,11-15H2,1-2H3. The molecule has 7 nitrogen and oxygen atoms in total. The number of carbonyl (C=O) groups is 2. The fourth-order valence-electron chi connectivity index (χ4n) is 5.32. The summed E-state index contributed by atoms with van der Waals surface area (Å²) in [4.78, 5) is 29.2.